The smallest absolute Gasteiger partial charge is 0.276 e. The van der Waals surface area contributed by atoms with Crippen LogP contribution >= 0.6 is 0 Å². The third-order valence-electron chi connectivity index (χ3n) is 3.86. The lowest BCUT2D eigenvalue weighted by atomic mass is 10.1. The number of aromatic hydroxyl groups is 1. The molecule has 3 rings (SSSR count). The number of rotatable bonds is 0. The van der Waals surface area contributed by atoms with Gasteiger partial charge in [-0.25, -0.2) is 0 Å². The van der Waals surface area contributed by atoms with Gasteiger partial charge in [-0.2, -0.15) is 0 Å². The van der Waals surface area contributed by atoms with E-state index in [2.05, 4.69) is 0 Å². The number of aromatic nitrogens is 1. The van der Waals surface area contributed by atoms with E-state index in [1.54, 1.807) is 22.6 Å². The molecule has 0 aliphatic carbocycles. The van der Waals surface area contributed by atoms with E-state index in [1.807, 2.05) is 6.92 Å². The molecule has 1 N–H and O–H groups in total. The van der Waals surface area contributed by atoms with Crippen LogP contribution in [0, 0.1) is 6.92 Å². The quantitative estimate of drug-likeness (QED) is 0.738. The van der Waals surface area contributed by atoms with Crippen molar-refractivity contribution in [3.8, 4) is 5.75 Å². The van der Waals surface area contributed by atoms with Crippen LogP contribution < -0.4 is 5.43 Å². The highest BCUT2D eigenvalue weighted by Crippen LogP contribution is 2.28. The summed E-state index contributed by atoms with van der Waals surface area (Å²) in [5.74, 6) is -0.792. The van der Waals surface area contributed by atoms with Gasteiger partial charge in [0.1, 0.15) is 0 Å². The van der Waals surface area contributed by atoms with Crippen molar-refractivity contribution in [1.29, 1.82) is 0 Å². The normalized spacial score (nSPS) is 26.0. The van der Waals surface area contributed by atoms with Gasteiger partial charge in [-0.1, -0.05) is 0 Å². The molecule has 1 amide bonds. The summed E-state index contributed by atoms with van der Waals surface area (Å²) in [4.78, 5) is 25.9. The summed E-state index contributed by atoms with van der Waals surface area (Å²) in [6.07, 6.45) is 2.05. The summed E-state index contributed by atoms with van der Waals surface area (Å²) in [6, 6.07) is 0.0517. The SMILES string of the molecule is Cc1cn2c(c(O)c1=O)C(=O)N1[C@@H](C)CCO[C@@H]1C2. The van der Waals surface area contributed by atoms with E-state index >= 15 is 0 Å². The number of nitrogens with zero attached hydrogens (tertiary/aromatic N) is 2. The van der Waals surface area contributed by atoms with Crippen molar-refractivity contribution in [3.63, 3.8) is 0 Å². The van der Waals surface area contributed by atoms with E-state index in [9.17, 15) is 14.7 Å². The Hall–Kier alpha value is -1.82. The van der Waals surface area contributed by atoms with Crippen LogP contribution in [0.2, 0.25) is 0 Å². The summed E-state index contributed by atoms with van der Waals surface area (Å²) in [7, 11) is 0. The molecule has 19 heavy (non-hydrogen) atoms. The monoisotopic (exact) mass is 264 g/mol. The summed E-state index contributed by atoms with van der Waals surface area (Å²) in [5.41, 5.74) is 0.0131. The first-order valence-corrected chi connectivity index (χ1v) is 6.38. The number of pyridine rings is 1. The second kappa shape index (κ2) is 4.09. The molecule has 1 aromatic heterocycles. The van der Waals surface area contributed by atoms with Crippen LogP contribution in [0.25, 0.3) is 0 Å². The average molecular weight is 264 g/mol. The number of hydrogen-bond donors (Lipinski definition) is 1. The van der Waals surface area contributed by atoms with Gasteiger partial charge >= 0.3 is 0 Å². The lowest BCUT2D eigenvalue weighted by molar-refractivity contribution is -0.112. The van der Waals surface area contributed by atoms with Crippen molar-refractivity contribution < 1.29 is 14.6 Å². The van der Waals surface area contributed by atoms with Gasteiger partial charge in [0.15, 0.2) is 17.7 Å². The van der Waals surface area contributed by atoms with Gasteiger partial charge in [0.2, 0.25) is 5.43 Å². The number of hydrogen-bond acceptors (Lipinski definition) is 4. The van der Waals surface area contributed by atoms with Gasteiger partial charge < -0.3 is 19.3 Å². The van der Waals surface area contributed by atoms with Crippen molar-refractivity contribution in [2.45, 2.75) is 39.1 Å². The lowest BCUT2D eigenvalue weighted by Crippen LogP contribution is -2.56. The number of carbonyl (C=O) groups excluding carboxylic acids is 1. The van der Waals surface area contributed by atoms with E-state index in [4.69, 9.17) is 4.74 Å². The Morgan fingerprint density at radius 1 is 1.42 bits per heavy atom. The van der Waals surface area contributed by atoms with Crippen LogP contribution in [0.15, 0.2) is 11.0 Å². The maximum Gasteiger partial charge on any atom is 0.276 e. The first kappa shape index (κ1) is 12.2. The molecule has 3 heterocycles. The Morgan fingerprint density at radius 2 is 2.16 bits per heavy atom. The van der Waals surface area contributed by atoms with Gasteiger partial charge in [0.05, 0.1) is 13.2 Å². The van der Waals surface area contributed by atoms with E-state index in [-0.39, 0.29) is 23.9 Å². The maximum atomic E-state index is 12.5. The number of fused-ring (bicyclic) bond motifs is 2. The number of carbonyl (C=O) groups is 1. The van der Waals surface area contributed by atoms with Gasteiger partial charge in [-0.05, 0) is 20.3 Å². The molecular formula is C13H16N2O4. The lowest BCUT2D eigenvalue weighted by Gasteiger charge is -2.44. The molecule has 6 nitrogen and oxygen atoms in total. The molecule has 0 aromatic carbocycles. The molecule has 0 unspecified atom stereocenters. The zero-order valence-corrected chi connectivity index (χ0v) is 10.9. The molecule has 2 aliphatic rings. The molecule has 0 bridgehead atoms. The predicted octanol–water partition coefficient (Wildman–Crippen LogP) is 0.453. The van der Waals surface area contributed by atoms with Crippen molar-refractivity contribution >= 4 is 5.91 Å². The minimum absolute atomic E-state index is 0.0517. The van der Waals surface area contributed by atoms with Crippen molar-refractivity contribution in [1.82, 2.24) is 9.47 Å². The van der Waals surface area contributed by atoms with Crippen LogP contribution in [0.3, 0.4) is 0 Å². The average Bonchev–Trinajstić information content (AvgIpc) is 2.35. The Bertz CT molecular complexity index is 607. The predicted molar refractivity (Wildman–Crippen MR) is 67.1 cm³/mol. The van der Waals surface area contributed by atoms with Gasteiger partial charge in [0, 0.05) is 17.8 Å². The maximum absolute atomic E-state index is 12.5. The first-order valence-electron chi connectivity index (χ1n) is 6.38. The van der Waals surface area contributed by atoms with Crippen molar-refractivity contribution in [2.24, 2.45) is 0 Å². The van der Waals surface area contributed by atoms with E-state index in [1.165, 1.54) is 0 Å². The van der Waals surface area contributed by atoms with Crippen molar-refractivity contribution in [3.05, 3.63) is 27.7 Å². The molecular weight excluding hydrogens is 248 g/mol. The van der Waals surface area contributed by atoms with Crippen LogP contribution in [0.1, 0.15) is 29.4 Å². The number of aryl methyl sites for hydroxylation is 1. The first-order chi connectivity index (χ1) is 9.00. The molecule has 0 spiro atoms. The molecule has 2 aliphatic heterocycles. The molecule has 1 saturated heterocycles. The fraction of sp³-hybridized carbons (Fsp3) is 0.538. The summed E-state index contributed by atoms with van der Waals surface area (Å²) >= 11 is 0. The molecule has 0 saturated carbocycles. The number of ether oxygens (including phenoxy) is 1. The Balaban J connectivity index is 2.16. The van der Waals surface area contributed by atoms with Crippen LogP contribution in [-0.4, -0.2) is 39.4 Å². The highest BCUT2D eigenvalue weighted by molar-refractivity contribution is 5.96. The fourth-order valence-corrected chi connectivity index (χ4v) is 2.80. The highest BCUT2D eigenvalue weighted by Gasteiger charge is 2.40. The highest BCUT2D eigenvalue weighted by atomic mass is 16.5. The minimum atomic E-state index is -0.483. The van der Waals surface area contributed by atoms with Crippen LogP contribution in [0.4, 0.5) is 0 Å². The molecule has 1 aromatic rings. The number of amides is 1. The van der Waals surface area contributed by atoms with Crippen molar-refractivity contribution in [2.75, 3.05) is 6.61 Å². The third kappa shape index (κ3) is 1.67. The second-order valence-corrected chi connectivity index (χ2v) is 5.17. The molecule has 1 fully saturated rings. The molecule has 0 radical (unpaired) electrons. The van der Waals surface area contributed by atoms with Crippen LogP contribution in [0.5, 0.6) is 5.75 Å². The van der Waals surface area contributed by atoms with E-state index in [0.29, 0.717) is 18.7 Å². The largest absolute Gasteiger partial charge is 0.503 e. The summed E-state index contributed by atoms with van der Waals surface area (Å²) in [6.45, 7) is 4.64. The second-order valence-electron chi connectivity index (χ2n) is 5.17. The van der Waals surface area contributed by atoms with Crippen LogP contribution in [-0.2, 0) is 11.3 Å². The molecule has 6 heteroatoms. The van der Waals surface area contributed by atoms with E-state index in [0.717, 1.165) is 6.42 Å². The zero-order valence-electron chi connectivity index (χ0n) is 10.9. The van der Waals surface area contributed by atoms with Gasteiger partial charge in [0.25, 0.3) is 5.91 Å². The minimum Gasteiger partial charge on any atom is -0.503 e. The zero-order chi connectivity index (χ0) is 13.7. The van der Waals surface area contributed by atoms with Gasteiger partial charge in [-0.15, -0.1) is 0 Å². The Labute approximate surface area is 110 Å². The summed E-state index contributed by atoms with van der Waals surface area (Å²) in [5, 5.41) is 9.95. The third-order valence-corrected chi connectivity index (χ3v) is 3.86. The van der Waals surface area contributed by atoms with E-state index < -0.39 is 11.2 Å². The topological polar surface area (TPSA) is 71.8 Å². The summed E-state index contributed by atoms with van der Waals surface area (Å²) < 4.78 is 7.23. The van der Waals surface area contributed by atoms with Gasteiger partial charge in [-0.3, -0.25) is 9.59 Å². The molecule has 102 valence electrons. The standard InChI is InChI=1S/C13H16N2O4/c1-7-5-14-6-9-15(8(2)3-4-19-9)13(18)10(14)12(17)11(7)16/h5,8-9,17H,3-4,6H2,1-2H3/t8-,9+/m0/s1. The Kier molecular flexibility index (Phi) is 2.63. The Morgan fingerprint density at radius 3 is 2.89 bits per heavy atom. The molecule has 2 atom stereocenters. The fourth-order valence-electron chi connectivity index (χ4n) is 2.80.